The Bertz CT molecular complexity index is 1340. The van der Waals surface area contributed by atoms with Gasteiger partial charge in [-0.15, -0.1) is 6.58 Å². The van der Waals surface area contributed by atoms with Crippen LogP contribution in [-0.4, -0.2) is 57.7 Å². The van der Waals surface area contributed by atoms with Gasteiger partial charge in [0.15, 0.2) is 0 Å². The standard InChI is InChI=1S/C30H40F4N3O6P/c1-5-18-16-29(18,44(41,42)17-20-21(30(32,33)34)12-8-13-22(20)31)36-25(38)23-14-9-15-37(23)26(39)24(28(2,3)4)35-27(40)43-19-10-6-7-11-19/h5,8,12-13,18-19,23-24H,1,6-7,9-11,14-17H2,2-4H3,(H,35,40)(H,36,38)(H,41,42)/t18-,23+,24?,29+/m1/s1. The van der Waals surface area contributed by atoms with E-state index in [1.807, 2.05) is 0 Å². The van der Waals surface area contributed by atoms with Gasteiger partial charge < -0.3 is 25.2 Å². The number of halogens is 4. The van der Waals surface area contributed by atoms with Crippen LogP contribution in [0.15, 0.2) is 30.9 Å². The van der Waals surface area contributed by atoms with Gasteiger partial charge in [-0.1, -0.05) is 32.9 Å². The van der Waals surface area contributed by atoms with Gasteiger partial charge in [0.05, 0.1) is 11.7 Å². The monoisotopic (exact) mass is 645 g/mol. The van der Waals surface area contributed by atoms with Crippen molar-refractivity contribution in [2.45, 2.75) is 102 Å². The smallest absolute Gasteiger partial charge is 0.416 e. The number of nitrogens with one attached hydrogen (secondary N) is 2. The first kappa shape index (κ1) is 34.0. The van der Waals surface area contributed by atoms with Gasteiger partial charge in [-0.05, 0) is 62.5 Å². The summed E-state index contributed by atoms with van der Waals surface area (Å²) in [5.74, 6) is -3.34. The quantitative estimate of drug-likeness (QED) is 0.180. The predicted octanol–water partition coefficient (Wildman–Crippen LogP) is 5.71. The minimum Gasteiger partial charge on any atom is -0.446 e. The molecule has 0 aromatic heterocycles. The number of hydrogen-bond donors (Lipinski definition) is 3. The van der Waals surface area contributed by atoms with Crippen LogP contribution in [0.1, 0.15) is 76.8 Å². The zero-order chi connectivity index (χ0) is 32.7. The third kappa shape index (κ3) is 6.98. The van der Waals surface area contributed by atoms with Gasteiger partial charge in [0.1, 0.15) is 29.3 Å². The van der Waals surface area contributed by atoms with E-state index in [0.717, 1.165) is 37.8 Å². The van der Waals surface area contributed by atoms with E-state index in [4.69, 9.17) is 4.74 Å². The van der Waals surface area contributed by atoms with Crippen molar-refractivity contribution >= 4 is 25.3 Å². The lowest BCUT2D eigenvalue weighted by Gasteiger charge is -2.36. The summed E-state index contributed by atoms with van der Waals surface area (Å²) >= 11 is 0. The summed E-state index contributed by atoms with van der Waals surface area (Å²) in [6.45, 7) is 9.07. The molecule has 1 saturated heterocycles. The Morgan fingerprint density at radius 2 is 1.84 bits per heavy atom. The lowest BCUT2D eigenvalue weighted by Crippen LogP contribution is -2.58. The van der Waals surface area contributed by atoms with E-state index in [2.05, 4.69) is 17.2 Å². The molecule has 1 heterocycles. The largest absolute Gasteiger partial charge is 0.446 e. The first-order valence-electron chi connectivity index (χ1n) is 14.8. The van der Waals surface area contributed by atoms with Gasteiger partial charge in [0.25, 0.3) is 0 Å². The first-order valence-corrected chi connectivity index (χ1v) is 16.6. The maximum absolute atomic E-state index is 14.6. The van der Waals surface area contributed by atoms with Crippen molar-refractivity contribution in [1.82, 2.24) is 15.5 Å². The SMILES string of the molecule is C=C[C@@H]1C[C@]1(NC(=O)[C@@H]1CCCN1C(=O)C(NC(=O)OC1CCCC1)C(C)(C)C)P(=O)(O)Cc1c(F)cccc1C(F)(F)F. The minimum absolute atomic E-state index is 0.0916. The third-order valence-electron chi connectivity index (χ3n) is 8.82. The molecule has 0 spiro atoms. The van der Waals surface area contributed by atoms with Crippen molar-refractivity contribution < 1.29 is 46.1 Å². The fraction of sp³-hybridized carbons (Fsp3) is 0.633. The lowest BCUT2D eigenvalue weighted by molar-refractivity contribution is -0.142. The molecule has 1 aliphatic heterocycles. The summed E-state index contributed by atoms with van der Waals surface area (Å²) in [4.78, 5) is 52.6. The Morgan fingerprint density at radius 1 is 1.18 bits per heavy atom. The van der Waals surface area contributed by atoms with Crippen LogP contribution in [-0.2, 0) is 31.2 Å². The van der Waals surface area contributed by atoms with Crippen LogP contribution in [0.25, 0.3) is 0 Å². The van der Waals surface area contributed by atoms with Crippen molar-refractivity contribution in [2.75, 3.05) is 6.54 Å². The molecule has 244 valence electrons. The first-order chi connectivity index (χ1) is 20.4. The van der Waals surface area contributed by atoms with E-state index < -0.39 is 83.3 Å². The van der Waals surface area contributed by atoms with E-state index in [0.29, 0.717) is 12.5 Å². The molecule has 14 heteroatoms. The number of hydrogen-bond acceptors (Lipinski definition) is 5. The number of alkyl halides is 3. The van der Waals surface area contributed by atoms with Crippen molar-refractivity contribution in [3.05, 3.63) is 47.8 Å². The maximum Gasteiger partial charge on any atom is 0.416 e. The van der Waals surface area contributed by atoms with E-state index in [1.165, 1.54) is 11.0 Å². The molecule has 5 atom stereocenters. The number of benzene rings is 1. The van der Waals surface area contributed by atoms with Gasteiger partial charge >= 0.3 is 12.3 Å². The zero-order valence-corrected chi connectivity index (χ0v) is 26.0. The third-order valence-corrected chi connectivity index (χ3v) is 11.4. The molecular weight excluding hydrogens is 605 g/mol. The highest BCUT2D eigenvalue weighted by molar-refractivity contribution is 7.59. The van der Waals surface area contributed by atoms with Gasteiger partial charge in [0.2, 0.25) is 19.2 Å². The maximum atomic E-state index is 14.6. The normalized spacial score (nSPS) is 26.0. The molecule has 1 aromatic rings. The molecule has 4 rings (SSSR count). The molecule has 3 aliphatic rings. The molecule has 2 saturated carbocycles. The minimum atomic E-state index is -4.97. The number of amides is 3. The van der Waals surface area contributed by atoms with Crippen molar-refractivity contribution in [3.8, 4) is 0 Å². The van der Waals surface area contributed by atoms with Crippen LogP contribution in [0.4, 0.5) is 22.4 Å². The van der Waals surface area contributed by atoms with Gasteiger partial charge in [-0.2, -0.15) is 13.2 Å². The highest BCUT2D eigenvalue weighted by atomic mass is 31.2. The summed E-state index contributed by atoms with van der Waals surface area (Å²) < 4.78 is 74.7. The molecular formula is C30H40F4N3O6P. The average molecular weight is 646 g/mol. The highest BCUT2D eigenvalue weighted by Crippen LogP contribution is 2.71. The Labute approximate surface area is 254 Å². The van der Waals surface area contributed by atoms with E-state index in [1.54, 1.807) is 20.8 Å². The molecule has 3 fully saturated rings. The number of likely N-dealkylation sites (tertiary alicyclic amines) is 1. The molecule has 1 aromatic carbocycles. The number of carbonyl (C=O) groups excluding carboxylic acids is 3. The fourth-order valence-electron chi connectivity index (χ4n) is 6.25. The van der Waals surface area contributed by atoms with E-state index in [-0.39, 0.29) is 25.5 Å². The summed E-state index contributed by atoms with van der Waals surface area (Å²) in [7, 11) is -4.74. The molecule has 44 heavy (non-hydrogen) atoms. The molecule has 3 amide bonds. The summed E-state index contributed by atoms with van der Waals surface area (Å²) in [5.41, 5.74) is -3.10. The number of carbonyl (C=O) groups is 3. The van der Waals surface area contributed by atoms with E-state index in [9.17, 15) is 41.4 Å². The Hall–Kier alpha value is -2.92. The highest BCUT2D eigenvalue weighted by Gasteiger charge is 2.66. The Morgan fingerprint density at radius 3 is 2.41 bits per heavy atom. The van der Waals surface area contributed by atoms with Crippen LogP contribution >= 0.6 is 7.37 Å². The number of ether oxygens (including phenoxy) is 1. The van der Waals surface area contributed by atoms with Crippen molar-refractivity contribution in [1.29, 1.82) is 0 Å². The zero-order valence-electron chi connectivity index (χ0n) is 25.1. The van der Waals surface area contributed by atoms with Crippen LogP contribution in [0.2, 0.25) is 0 Å². The van der Waals surface area contributed by atoms with Crippen molar-refractivity contribution in [2.24, 2.45) is 11.3 Å². The molecule has 2 unspecified atom stereocenters. The van der Waals surface area contributed by atoms with Gasteiger partial charge in [0, 0.05) is 18.0 Å². The average Bonchev–Trinajstić information content (AvgIpc) is 3.23. The Balaban J connectivity index is 1.54. The van der Waals surface area contributed by atoms with E-state index >= 15 is 0 Å². The second kappa shape index (κ2) is 12.5. The molecule has 0 radical (unpaired) electrons. The second-order valence-electron chi connectivity index (χ2n) is 13.0. The topological polar surface area (TPSA) is 125 Å². The number of rotatable bonds is 9. The van der Waals surface area contributed by atoms with Gasteiger partial charge in [-0.25, -0.2) is 9.18 Å². The van der Waals surface area contributed by atoms with Crippen molar-refractivity contribution in [3.63, 3.8) is 0 Å². The van der Waals surface area contributed by atoms with Gasteiger partial charge in [-0.3, -0.25) is 14.2 Å². The fourth-order valence-corrected chi connectivity index (χ4v) is 8.67. The van der Waals surface area contributed by atoms with Crippen LogP contribution < -0.4 is 10.6 Å². The lowest BCUT2D eigenvalue weighted by atomic mass is 9.85. The summed E-state index contributed by atoms with van der Waals surface area (Å²) in [6.07, 6.45) is -1.83. The number of alkyl carbamates (subject to hydrolysis) is 1. The van der Waals surface area contributed by atoms with Crippen LogP contribution in [0.3, 0.4) is 0 Å². The molecule has 3 N–H and O–H groups in total. The van der Waals surface area contributed by atoms with Crippen LogP contribution in [0, 0.1) is 17.2 Å². The predicted molar refractivity (Wildman–Crippen MR) is 154 cm³/mol. The number of nitrogens with zero attached hydrogens (tertiary/aromatic N) is 1. The summed E-state index contributed by atoms with van der Waals surface area (Å²) in [5, 5.41) is 3.36. The summed E-state index contributed by atoms with van der Waals surface area (Å²) in [6, 6.07) is 0.157. The molecule has 9 nitrogen and oxygen atoms in total. The Kier molecular flexibility index (Phi) is 9.62. The second-order valence-corrected chi connectivity index (χ2v) is 15.5. The van der Waals surface area contributed by atoms with Crippen LogP contribution in [0.5, 0.6) is 0 Å². The molecule has 0 bridgehead atoms. The molecule has 2 aliphatic carbocycles.